The molecule has 194 valence electrons. The molecule has 0 saturated carbocycles. The Labute approximate surface area is 245 Å². The van der Waals surface area contributed by atoms with Crippen molar-refractivity contribution in [3.05, 3.63) is 97.6 Å². The molecular weight excluding hydrogens is 557 g/mol. The molecule has 4 nitrogen and oxygen atoms in total. The van der Waals surface area contributed by atoms with E-state index in [-0.39, 0.29) is 0 Å². The summed E-state index contributed by atoms with van der Waals surface area (Å²) in [6.45, 7) is 4.99. The summed E-state index contributed by atoms with van der Waals surface area (Å²) in [5.41, 5.74) is 7.61. The van der Waals surface area contributed by atoms with Crippen LogP contribution in [-0.4, -0.2) is 28.0 Å². The summed E-state index contributed by atoms with van der Waals surface area (Å²) in [5, 5.41) is 6.38. The van der Waals surface area contributed by atoms with E-state index in [9.17, 15) is 0 Å². The van der Waals surface area contributed by atoms with Crippen LogP contribution in [0.4, 0.5) is 0 Å². The molecule has 41 heavy (non-hydrogen) atoms. The van der Waals surface area contributed by atoms with Crippen LogP contribution >= 0.6 is 22.7 Å². The lowest BCUT2D eigenvalue weighted by molar-refractivity contribution is 1.30. The molecule has 4 aromatic carbocycles. The molecule has 8 aromatic rings. The highest BCUT2D eigenvalue weighted by Crippen LogP contribution is 2.47. The van der Waals surface area contributed by atoms with E-state index >= 15 is 0 Å². The Hall–Kier alpha value is -4.30. The van der Waals surface area contributed by atoms with E-state index in [4.69, 9.17) is 9.97 Å². The Kier molecular flexibility index (Phi) is 4.77. The molecule has 0 bridgehead atoms. The fourth-order valence-corrected chi connectivity index (χ4v) is 13.8. The van der Waals surface area contributed by atoms with Crippen molar-refractivity contribution in [2.24, 2.45) is 0 Å². The second kappa shape index (κ2) is 8.36. The number of hydrogen-bond donors (Lipinski definition) is 0. The van der Waals surface area contributed by atoms with Gasteiger partial charge in [0.25, 0.3) is 0 Å². The molecule has 0 aliphatic carbocycles. The molecule has 0 saturated heterocycles. The summed E-state index contributed by atoms with van der Waals surface area (Å²) >= 11 is 3.87. The second-order valence-corrected chi connectivity index (χ2v) is 17.9. The van der Waals surface area contributed by atoms with Crippen molar-refractivity contribution >= 4 is 84.0 Å². The number of rotatable bonds is 2. The van der Waals surface area contributed by atoms with Crippen LogP contribution in [0.25, 0.3) is 74.9 Å². The lowest BCUT2D eigenvalue weighted by Gasteiger charge is -2.16. The van der Waals surface area contributed by atoms with Crippen LogP contribution in [0.1, 0.15) is 0 Å². The monoisotopic (exact) mass is 578 g/mol. The summed E-state index contributed by atoms with van der Waals surface area (Å²) in [6, 6.07) is 26.4. The average molecular weight is 579 g/mol. The number of fused-ring (bicyclic) bond motifs is 7. The highest BCUT2D eigenvalue weighted by atomic mass is 32.1. The summed E-state index contributed by atoms with van der Waals surface area (Å²) in [6.07, 6.45) is 7.18. The van der Waals surface area contributed by atoms with Gasteiger partial charge in [0, 0.05) is 60.6 Å². The first-order valence-corrected chi connectivity index (χ1v) is 18.3. The predicted octanol–water partition coefficient (Wildman–Crippen LogP) is 8.14. The Morgan fingerprint density at radius 3 is 1.73 bits per heavy atom. The lowest BCUT2D eigenvalue weighted by Crippen LogP contribution is -2.47. The molecule has 0 unspecified atom stereocenters. The Morgan fingerprint density at radius 1 is 0.585 bits per heavy atom. The first-order chi connectivity index (χ1) is 20.1. The van der Waals surface area contributed by atoms with Gasteiger partial charge in [-0.2, -0.15) is 0 Å². The molecule has 0 spiro atoms. The largest absolute Gasteiger partial charge is 0.253 e. The van der Waals surface area contributed by atoms with Gasteiger partial charge in [-0.05, 0) is 51.0 Å². The molecule has 7 heteroatoms. The third kappa shape index (κ3) is 3.25. The third-order valence-corrected chi connectivity index (χ3v) is 15.7. The third-order valence-electron chi connectivity index (χ3n) is 8.41. The summed E-state index contributed by atoms with van der Waals surface area (Å²) in [7, 11) is -1.92. The SMILES string of the molecule is C[Si]1(C)c2cc(-c3c4ccccc4cc4nccnc34)sc2-c2cc(-c3c4ccccc4cc4nccnc34)sc21. The van der Waals surface area contributed by atoms with Gasteiger partial charge < -0.3 is 0 Å². The van der Waals surface area contributed by atoms with Gasteiger partial charge in [0.1, 0.15) is 8.07 Å². The van der Waals surface area contributed by atoms with E-state index in [0.717, 1.165) is 22.1 Å². The quantitative estimate of drug-likeness (QED) is 0.153. The minimum Gasteiger partial charge on any atom is -0.253 e. The molecule has 0 N–H and O–H groups in total. The van der Waals surface area contributed by atoms with E-state index < -0.39 is 8.07 Å². The van der Waals surface area contributed by atoms with Crippen LogP contribution in [0, 0.1) is 0 Å². The predicted molar refractivity (Wildman–Crippen MR) is 176 cm³/mol. The Morgan fingerprint density at radius 2 is 1.12 bits per heavy atom. The molecule has 0 atom stereocenters. The van der Waals surface area contributed by atoms with E-state index in [1.165, 1.54) is 58.1 Å². The van der Waals surface area contributed by atoms with Crippen molar-refractivity contribution in [1.82, 2.24) is 19.9 Å². The van der Waals surface area contributed by atoms with Gasteiger partial charge in [0.2, 0.25) is 0 Å². The molecule has 0 amide bonds. The van der Waals surface area contributed by atoms with E-state index in [0.29, 0.717) is 0 Å². The van der Waals surface area contributed by atoms with E-state index in [1.54, 1.807) is 23.1 Å². The summed E-state index contributed by atoms with van der Waals surface area (Å²) < 4.78 is 1.55. The zero-order valence-corrected chi connectivity index (χ0v) is 25.0. The fourth-order valence-electron chi connectivity index (χ4n) is 6.49. The van der Waals surface area contributed by atoms with Crippen LogP contribution < -0.4 is 9.69 Å². The molecule has 1 aliphatic rings. The van der Waals surface area contributed by atoms with Gasteiger partial charge >= 0.3 is 0 Å². The Balaban J connectivity index is 1.30. The number of thiophene rings is 2. The van der Waals surface area contributed by atoms with Crippen molar-refractivity contribution in [2.75, 3.05) is 0 Å². The van der Waals surface area contributed by atoms with Crippen LogP contribution in [0.15, 0.2) is 97.6 Å². The zero-order valence-electron chi connectivity index (χ0n) is 22.3. The maximum Gasteiger partial charge on any atom is 0.127 e. The first kappa shape index (κ1) is 23.4. The van der Waals surface area contributed by atoms with Crippen molar-refractivity contribution in [1.29, 1.82) is 0 Å². The summed E-state index contributed by atoms with van der Waals surface area (Å²) in [5.74, 6) is 0. The van der Waals surface area contributed by atoms with Crippen LogP contribution in [0.5, 0.6) is 0 Å². The highest BCUT2D eigenvalue weighted by molar-refractivity contribution is 7.35. The van der Waals surface area contributed by atoms with Crippen molar-refractivity contribution < 1.29 is 0 Å². The van der Waals surface area contributed by atoms with Crippen molar-refractivity contribution in [3.63, 3.8) is 0 Å². The number of nitrogens with zero attached hydrogens (tertiary/aromatic N) is 4. The molecule has 0 radical (unpaired) electrons. The standard InChI is InChI=1S/C34H22N4S2Si/c1-41(2)28-18-27(30-22-10-6-4-8-20(22)16-25-32(30)38-14-12-36-25)39-33(28)23-17-26(40-34(23)41)29-21-9-5-3-7-19(21)15-24-31(29)37-13-11-35-24/h3-18H,1-2H3. The van der Waals surface area contributed by atoms with Gasteiger partial charge in [-0.3, -0.25) is 19.9 Å². The number of hydrogen-bond acceptors (Lipinski definition) is 6. The van der Waals surface area contributed by atoms with Gasteiger partial charge in [-0.1, -0.05) is 61.6 Å². The van der Waals surface area contributed by atoms with Crippen LogP contribution in [-0.2, 0) is 0 Å². The topological polar surface area (TPSA) is 51.6 Å². The minimum absolute atomic E-state index is 0.939. The van der Waals surface area contributed by atoms with E-state index in [2.05, 4.69) is 95.9 Å². The maximum atomic E-state index is 4.82. The molecule has 0 fully saturated rings. The highest BCUT2D eigenvalue weighted by Gasteiger charge is 2.42. The second-order valence-electron chi connectivity index (χ2n) is 11.1. The molecule has 4 aromatic heterocycles. The van der Waals surface area contributed by atoms with E-state index in [1.807, 2.05) is 28.9 Å². The van der Waals surface area contributed by atoms with Gasteiger partial charge in [0.05, 0.1) is 22.1 Å². The first-order valence-electron chi connectivity index (χ1n) is 13.6. The molecular formula is C34H22N4S2Si. The summed E-state index contributed by atoms with van der Waals surface area (Å²) in [4.78, 5) is 22.9. The minimum atomic E-state index is -1.92. The van der Waals surface area contributed by atoms with Gasteiger partial charge in [-0.15, -0.1) is 22.7 Å². The lowest BCUT2D eigenvalue weighted by atomic mass is 10.0. The van der Waals surface area contributed by atoms with Gasteiger partial charge in [-0.25, -0.2) is 0 Å². The zero-order chi connectivity index (χ0) is 27.3. The smallest absolute Gasteiger partial charge is 0.127 e. The molecule has 9 rings (SSSR count). The number of aromatic nitrogens is 4. The maximum absolute atomic E-state index is 4.82. The van der Waals surface area contributed by atoms with Crippen molar-refractivity contribution in [2.45, 2.75) is 13.1 Å². The molecule has 5 heterocycles. The van der Waals surface area contributed by atoms with Crippen molar-refractivity contribution in [3.8, 4) is 31.3 Å². The Bertz CT molecular complexity index is 2100. The number of benzene rings is 4. The van der Waals surface area contributed by atoms with Gasteiger partial charge in [0.15, 0.2) is 0 Å². The van der Waals surface area contributed by atoms with Crippen LogP contribution in [0.3, 0.4) is 0 Å². The average Bonchev–Trinajstić information content (AvgIpc) is 3.68. The fraction of sp³-hybridized carbons (Fsp3) is 0.0588. The van der Waals surface area contributed by atoms with Crippen LogP contribution in [0.2, 0.25) is 13.1 Å². The normalized spacial score (nSPS) is 13.8. The molecule has 1 aliphatic heterocycles.